The SMILES string of the molecule is CC[C@@]1(O)C(=O)OCc2c1cc1n(c2=O)Cc2c-1nc1cc(F)c(C)c3c1c2[C@@H](NCCO)CC3. The smallest absolute Gasteiger partial charge is 0.343 e. The minimum atomic E-state index is -1.90. The lowest BCUT2D eigenvalue weighted by Gasteiger charge is -2.31. The molecule has 1 aliphatic carbocycles. The van der Waals surface area contributed by atoms with Crippen molar-refractivity contribution in [1.29, 1.82) is 0 Å². The number of halogens is 1. The fraction of sp³-hybridized carbons (Fsp3) is 0.423. The Balaban J connectivity index is 1.66. The van der Waals surface area contributed by atoms with Crippen molar-refractivity contribution in [1.82, 2.24) is 14.9 Å². The van der Waals surface area contributed by atoms with Gasteiger partial charge in [0.05, 0.1) is 35.6 Å². The summed E-state index contributed by atoms with van der Waals surface area (Å²) in [5.74, 6) is -1.09. The molecule has 2 aliphatic heterocycles. The molecule has 3 aliphatic rings. The molecule has 3 aromatic rings. The normalized spacial score (nSPS) is 22.1. The second-order valence-corrected chi connectivity index (χ2v) is 9.58. The largest absolute Gasteiger partial charge is 0.458 e. The molecular weight excluding hydrogens is 453 g/mol. The summed E-state index contributed by atoms with van der Waals surface area (Å²) in [7, 11) is 0. The number of aliphatic hydroxyl groups is 2. The summed E-state index contributed by atoms with van der Waals surface area (Å²) >= 11 is 0. The van der Waals surface area contributed by atoms with E-state index >= 15 is 0 Å². The Morgan fingerprint density at radius 2 is 2.09 bits per heavy atom. The molecule has 182 valence electrons. The number of fused-ring (bicyclic) bond motifs is 5. The topological polar surface area (TPSA) is 114 Å². The van der Waals surface area contributed by atoms with E-state index < -0.39 is 11.6 Å². The lowest BCUT2D eigenvalue weighted by Crippen LogP contribution is -2.44. The van der Waals surface area contributed by atoms with E-state index in [9.17, 15) is 24.2 Å². The van der Waals surface area contributed by atoms with E-state index in [-0.39, 0.29) is 54.7 Å². The van der Waals surface area contributed by atoms with Gasteiger partial charge < -0.3 is 24.8 Å². The molecule has 0 unspecified atom stereocenters. The summed E-state index contributed by atoms with van der Waals surface area (Å²) in [6, 6.07) is 3.02. The monoisotopic (exact) mass is 479 g/mol. The van der Waals surface area contributed by atoms with E-state index in [2.05, 4.69) is 5.32 Å². The van der Waals surface area contributed by atoms with Gasteiger partial charge in [0.25, 0.3) is 5.56 Å². The quantitative estimate of drug-likeness (QED) is 0.384. The fourth-order valence-electron chi connectivity index (χ4n) is 6.00. The lowest BCUT2D eigenvalue weighted by atomic mass is 9.81. The molecule has 6 rings (SSSR count). The number of aliphatic hydroxyl groups excluding tert-OH is 1. The minimum absolute atomic E-state index is 0.0156. The number of ether oxygens (including phenoxy) is 1. The number of nitrogens with one attached hydrogen (secondary N) is 1. The Bertz CT molecular complexity index is 1500. The lowest BCUT2D eigenvalue weighted by molar-refractivity contribution is -0.172. The van der Waals surface area contributed by atoms with Crippen molar-refractivity contribution in [2.75, 3.05) is 13.2 Å². The van der Waals surface area contributed by atoms with Crippen LogP contribution in [0.15, 0.2) is 16.9 Å². The van der Waals surface area contributed by atoms with E-state index in [1.54, 1.807) is 24.5 Å². The second-order valence-electron chi connectivity index (χ2n) is 9.58. The number of nitrogens with zero attached hydrogens (tertiary/aromatic N) is 2. The van der Waals surface area contributed by atoms with Crippen LogP contribution in [0.5, 0.6) is 0 Å². The van der Waals surface area contributed by atoms with Crippen LogP contribution in [0.3, 0.4) is 0 Å². The first-order chi connectivity index (χ1) is 16.8. The zero-order valence-corrected chi connectivity index (χ0v) is 19.6. The molecule has 2 atom stereocenters. The number of carbonyl (C=O) groups is 1. The van der Waals surface area contributed by atoms with Crippen LogP contribution in [0.2, 0.25) is 0 Å². The predicted molar refractivity (Wildman–Crippen MR) is 125 cm³/mol. The molecule has 35 heavy (non-hydrogen) atoms. The van der Waals surface area contributed by atoms with Crippen molar-refractivity contribution in [3.8, 4) is 11.4 Å². The summed E-state index contributed by atoms with van der Waals surface area (Å²) in [4.78, 5) is 30.8. The van der Waals surface area contributed by atoms with Gasteiger partial charge in [0.15, 0.2) is 5.60 Å². The Morgan fingerprint density at radius 3 is 2.83 bits per heavy atom. The van der Waals surface area contributed by atoms with Gasteiger partial charge in [-0.3, -0.25) is 4.79 Å². The molecule has 2 aromatic heterocycles. The number of hydrogen-bond donors (Lipinski definition) is 3. The van der Waals surface area contributed by atoms with Gasteiger partial charge in [-0.2, -0.15) is 0 Å². The fourth-order valence-corrected chi connectivity index (χ4v) is 6.00. The summed E-state index contributed by atoms with van der Waals surface area (Å²) in [6.07, 6.45) is 1.47. The van der Waals surface area contributed by atoms with Gasteiger partial charge in [0.2, 0.25) is 0 Å². The summed E-state index contributed by atoms with van der Waals surface area (Å²) in [5, 5.41) is 24.8. The van der Waals surface area contributed by atoms with Crippen LogP contribution in [0.1, 0.15) is 59.2 Å². The zero-order valence-electron chi connectivity index (χ0n) is 19.6. The van der Waals surface area contributed by atoms with E-state index in [0.717, 1.165) is 28.5 Å². The molecular formula is C26H26FN3O5. The summed E-state index contributed by atoms with van der Waals surface area (Å²) in [6.45, 7) is 3.92. The number of aryl methyl sites for hydroxylation is 1. The van der Waals surface area contributed by atoms with E-state index in [0.29, 0.717) is 35.4 Å². The molecule has 1 aromatic carbocycles. The van der Waals surface area contributed by atoms with E-state index in [4.69, 9.17) is 9.72 Å². The first kappa shape index (κ1) is 22.3. The summed E-state index contributed by atoms with van der Waals surface area (Å²) < 4.78 is 21.6. The number of rotatable bonds is 4. The third-order valence-electron chi connectivity index (χ3n) is 7.88. The third kappa shape index (κ3) is 2.92. The van der Waals surface area contributed by atoms with Crippen LogP contribution in [0, 0.1) is 12.7 Å². The maximum Gasteiger partial charge on any atom is 0.343 e. The number of cyclic esters (lactones) is 1. The molecule has 0 bridgehead atoms. The second kappa shape index (κ2) is 7.68. The van der Waals surface area contributed by atoms with Crippen molar-refractivity contribution in [2.45, 2.75) is 57.9 Å². The van der Waals surface area contributed by atoms with Crippen LogP contribution < -0.4 is 10.9 Å². The van der Waals surface area contributed by atoms with Crippen LogP contribution >= 0.6 is 0 Å². The highest BCUT2D eigenvalue weighted by Gasteiger charge is 2.45. The maximum atomic E-state index is 14.9. The Kier molecular flexibility index (Phi) is 4.90. The molecule has 0 radical (unpaired) electrons. The predicted octanol–water partition coefficient (Wildman–Crippen LogP) is 2.10. The summed E-state index contributed by atoms with van der Waals surface area (Å²) in [5.41, 5.74) is 3.21. The van der Waals surface area contributed by atoms with Gasteiger partial charge in [-0.1, -0.05) is 6.92 Å². The molecule has 3 N–H and O–H groups in total. The highest BCUT2D eigenvalue weighted by molar-refractivity contribution is 5.93. The third-order valence-corrected chi connectivity index (χ3v) is 7.88. The molecule has 0 spiro atoms. The zero-order chi connectivity index (χ0) is 24.6. The van der Waals surface area contributed by atoms with Crippen molar-refractivity contribution in [3.05, 3.63) is 61.7 Å². The van der Waals surface area contributed by atoms with Crippen molar-refractivity contribution in [3.63, 3.8) is 0 Å². The van der Waals surface area contributed by atoms with Crippen LogP contribution in [-0.4, -0.2) is 38.9 Å². The number of hydrogen-bond acceptors (Lipinski definition) is 7. The minimum Gasteiger partial charge on any atom is -0.458 e. The van der Waals surface area contributed by atoms with Crippen LogP contribution in [0.4, 0.5) is 4.39 Å². The van der Waals surface area contributed by atoms with Crippen molar-refractivity contribution in [2.24, 2.45) is 0 Å². The molecule has 0 fully saturated rings. The molecule has 0 saturated carbocycles. The standard InChI is InChI=1S/C26H26FN3O5/c1-3-26(34)16-8-20-23-14(10-30(20)24(32)15(16)11-35-25(26)33)22-18(28-6-7-31)5-4-13-12(2)17(27)9-19(29-23)21(13)22/h8-9,18,28,31,34H,3-7,10-11H2,1-2H3/t18-,26-/m0/s1. The Morgan fingerprint density at radius 1 is 1.29 bits per heavy atom. The van der Waals surface area contributed by atoms with E-state index in [1.165, 1.54) is 6.07 Å². The highest BCUT2D eigenvalue weighted by Crippen LogP contribution is 2.45. The van der Waals surface area contributed by atoms with Gasteiger partial charge in [-0.15, -0.1) is 0 Å². The van der Waals surface area contributed by atoms with Crippen LogP contribution in [-0.2, 0) is 34.7 Å². The average molecular weight is 480 g/mol. The molecule has 0 saturated heterocycles. The van der Waals surface area contributed by atoms with Gasteiger partial charge in [-0.05, 0) is 48.9 Å². The van der Waals surface area contributed by atoms with Crippen molar-refractivity contribution < 1.29 is 24.1 Å². The van der Waals surface area contributed by atoms with Gasteiger partial charge in [0.1, 0.15) is 12.4 Å². The van der Waals surface area contributed by atoms with E-state index in [1.807, 2.05) is 0 Å². The number of pyridine rings is 2. The Hall–Kier alpha value is -3.14. The molecule has 0 amide bonds. The first-order valence-electron chi connectivity index (χ1n) is 12.0. The number of esters is 1. The molecule has 9 heteroatoms. The van der Waals surface area contributed by atoms with Gasteiger partial charge in [0, 0.05) is 35.2 Å². The van der Waals surface area contributed by atoms with Gasteiger partial charge >= 0.3 is 5.97 Å². The van der Waals surface area contributed by atoms with Gasteiger partial charge in [-0.25, -0.2) is 14.2 Å². The highest BCUT2D eigenvalue weighted by atomic mass is 19.1. The molecule has 4 heterocycles. The number of carbonyl (C=O) groups excluding carboxylic acids is 1. The molecule has 8 nitrogen and oxygen atoms in total. The average Bonchev–Trinajstić information content (AvgIpc) is 3.22. The number of aromatic nitrogens is 2. The Labute approximate surface area is 200 Å². The number of benzene rings is 1. The van der Waals surface area contributed by atoms with Crippen molar-refractivity contribution >= 4 is 16.9 Å². The van der Waals surface area contributed by atoms with Crippen LogP contribution in [0.25, 0.3) is 22.3 Å². The first-order valence-corrected chi connectivity index (χ1v) is 12.0. The maximum absolute atomic E-state index is 14.9.